The van der Waals surface area contributed by atoms with Gasteiger partial charge in [-0.2, -0.15) is 0 Å². The van der Waals surface area contributed by atoms with Crippen molar-refractivity contribution in [3.63, 3.8) is 0 Å². The van der Waals surface area contributed by atoms with Gasteiger partial charge in [0.25, 0.3) is 5.91 Å². The largest absolute Gasteiger partial charge is 0.360 e. The second-order valence-corrected chi connectivity index (χ2v) is 6.37. The first-order valence-corrected chi connectivity index (χ1v) is 8.44. The minimum atomic E-state index is -0.0794. The molecular formula is C20H19N3O2. The minimum absolute atomic E-state index is 0.0794. The zero-order chi connectivity index (χ0) is 17.4. The van der Waals surface area contributed by atoms with E-state index >= 15 is 0 Å². The molecule has 0 N–H and O–H groups in total. The van der Waals surface area contributed by atoms with E-state index < -0.39 is 0 Å². The van der Waals surface area contributed by atoms with E-state index in [0.717, 1.165) is 18.5 Å². The molecule has 0 saturated carbocycles. The fraction of sp³-hybridized carbons (Fsp3) is 0.250. The monoisotopic (exact) mass is 333 g/mol. The Morgan fingerprint density at radius 2 is 2.08 bits per heavy atom. The summed E-state index contributed by atoms with van der Waals surface area (Å²) in [4.78, 5) is 19.5. The van der Waals surface area contributed by atoms with Gasteiger partial charge in [0, 0.05) is 18.4 Å². The lowest BCUT2D eigenvalue weighted by atomic mass is 9.98. The van der Waals surface area contributed by atoms with E-state index in [-0.39, 0.29) is 5.91 Å². The van der Waals surface area contributed by atoms with Gasteiger partial charge in [-0.05, 0) is 50.5 Å². The number of anilines is 1. The van der Waals surface area contributed by atoms with Crippen molar-refractivity contribution >= 4 is 11.6 Å². The van der Waals surface area contributed by atoms with Crippen LogP contribution >= 0.6 is 0 Å². The maximum atomic E-state index is 13.3. The normalized spacial score (nSPS) is 13.6. The zero-order valence-corrected chi connectivity index (χ0v) is 14.3. The average molecular weight is 333 g/mol. The van der Waals surface area contributed by atoms with Crippen molar-refractivity contribution in [3.05, 3.63) is 65.0 Å². The third-order valence-corrected chi connectivity index (χ3v) is 4.58. The molecule has 0 saturated heterocycles. The van der Waals surface area contributed by atoms with Crippen LogP contribution in [0.15, 0.2) is 47.1 Å². The highest BCUT2D eigenvalue weighted by Crippen LogP contribution is 2.32. The highest BCUT2D eigenvalue weighted by molar-refractivity contribution is 6.10. The van der Waals surface area contributed by atoms with Crippen molar-refractivity contribution in [1.82, 2.24) is 10.1 Å². The Morgan fingerprint density at radius 3 is 2.88 bits per heavy atom. The number of amides is 1. The number of pyridine rings is 1. The molecular weight excluding hydrogens is 314 g/mol. The van der Waals surface area contributed by atoms with Crippen LogP contribution in [-0.4, -0.2) is 22.6 Å². The zero-order valence-electron chi connectivity index (χ0n) is 14.3. The highest BCUT2D eigenvalue weighted by atomic mass is 16.5. The molecule has 25 heavy (non-hydrogen) atoms. The van der Waals surface area contributed by atoms with Crippen LogP contribution in [0.25, 0.3) is 11.4 Å². The Hall–Kier alpha value is -2.95. The van der Waals surface area contributed by atoms with E-state index in [1.54, 1.807) is 13.1 Å². The Bertz CT molecular complexity index is 931. The molecule has 3 aromatic rings. The number of carbonyl (C=O) groups is 1. The summed E-state index contributed by atoms with van der Waals surface area (Å²) < 4.78 is 5.33. The molecule has 1 aliphatic rings. The molecule has 0 unspecified atom stereocenters. The van der Waals surface area contributed by atoms with Crippen LogP contribution in [0.5, 0.6) is 0 Å². The number of nitrogens with zero attached hydrogens (tertiary/aromatic N) is 3. The first-order chi connectivity index (χ1) is 12.1. The smallest absolute Gasteiger partial charge is 0.264 e. The predicted molar refractivity (Wildman–Crippen MR) is 95.6 cm³/mol. The van der Waals surface area contributed by atoms with Crippen LogP contribution in [0.2, 0.25) is 0 Å². The molecule has 126 valence electrons. The van der Waals surface area contributed by atoms with Crippen LogP contribution in [0.1, 0.15) is 33.7 Å². The molecule has 3 heterocycles. The van der Waals surface area contributed by atoms with Crippen LogP contribution < -0.4 is 4.90 Å². The summed E-state index contributed by atoms with van der Waals surface area (Å²) in [5.41, 5.74) is 5.05. The van der Waals surface area contributed by atoms with Gasteiger partial charge in [-0.25, -0.2) is 0 Å². The number of carbonyl (C=O) groups excluding carboxylic acids is 1. The molecule has 1 aliphatic heterocycles. The first kappa shape index (κ1) is 15.6. The van der Waals surface area contributed by atoms with E-state index in [4.69, 9.17) is 4.52 Å². The van der Waals surface area contributed by atoms with Gasteiger partial charge in [-0.15, -0.1) is 0 Å². The summed E-state index contributed by atoms with van der Waals surface area (Å²) in [7, 11) is 0. The van der Waals surface area contributed by atoms with Crippen molar-refractivity contribution in [3.8, 4) is 11.4 Å². The van der Waals surface area contributed by atoms with Gasteiger partial charge < -0.3 is 9.42 Å². The van der Waals surface area contributed by atoms with Crippen molar-refractivity contribution in [2.45, 2.75) is 26.7 Å². The predicted octanol–water partition coefficient (Wildman–Crippen LogP) is 3.95. The summed E-state index contributed by atoms with van der Waals surface area (Å²) in [6, 6.07) is 11.8. The Balaban J connectivity index is 1.78. The van der Waals surface area contributed by atoms with E-state index in [1.165, 1.54) is 11.1 Å². The summed E-state index contributed by atoms with van der Waals surface area (Å²) in [6.45, 7) is 4.54. The van der Waals surface area contributed by atoms with Crippen molar-refractivity contribution in [2.75, 3.05) is 11.4 Å². The van der Waals surface area contributed by atoms with E-state index in [9.17, 15) is 4.79 Å². The van der Waals surface area contributed by atoms with Gasteiger partial charge >= 0.3 is 0 Å². The van der Waals surface area contributed by atoms with Gasteiger partial charge in [0.05, 0.1) is 5.69 Å². The van der Waals surface area contributed by atoms with E-state index in [1.807, 2.05) is 35.2 Å². The lowest BCUT2D eigenvalue weighted by Gasteiger charge is -2.29. The van der Waals surface area contributed by atoms with Gasteiger partial charge in [0.1, 0.15) is 17.0 Å². The third-order valence-electron chi connectivity index (χ3n) is 4.58. The van der Waals surface area contributed by atoms with Crippen LogP contribution in [0.3, 0.4) is 0 Å². The van der Waals surface area contributed by atoms with Gasteiger partial charge in [0.2, 0.25) is 0 Å². The quantitative estimate of drug-likeness (QED) is 0.712. The molecule has 2 aromatic heterocycles. The maximum absolute atomic E-state index is 13.3. The lowest BCUT2D eigenvalue weighted by Crippen LogP contribution is -2.36. The Morgan fingerprint density at radius 1 is 1.20 bits per heavy atom. The molecule has 0 bridgehead atoms. The number of hydrogen-bond donors (Lipinski definition) is 0. The van der Waals surface area contributed by atoms with Crippen LogP contribution in [0, 0.1) is 13.8 Å². The fourth-order valence-corrected chi connectivity index (χ4v) is 3.37. The second-order valence-electron chi connectivity index (χ2n) is 6.37. The molecule has 1 aromatic carbocycles. The molecule has 0 radical (unpaired) electrons. The third kappa shape index (κ3) is 2.71. The fourth-order valence-electron chi connectivity index (χ4n) is 3.37. The summed E-state index contributed by atoms with van der Waals surface area (Å²) >= 11 is 0. The second kappa shape index (κ2) is 6.16. The Kier molecular flexibility index (Phi) is 3.84. The highest BCUT2D eigenvalue weighted by Gasteiger charge is 2.30. The standard InChI is InChI=1S/C20H19N3O2/c1-13-8-9-17-15(12-13)6-5-11-23(17)20(24)18-14(2)25-22-19(18)16-7-3-4-10-21-16/h3-4,7-10,12H,5-6,11H2,1-2H3. The number of aromatic nitrogens is 2. The number of fused-ring (bicyclic) bond motifs is 1. The SMILES string of the molecule is Cc1ccc2c(c1)CCCN2C(=O)c1c(-c2ccccn2)noc1C. The molecule has 1 amide bonds. The van der Waals surface area contributed by atoms with E-state index in [2.05, 4.69) is 23.1 Å². The van der Waals surface area contributed by atoms with Crippen LogP contribution in [0.4, 0.5) is 5.69 Å². The molecule has 5 nitrogen and oxygen atoms in total. The van der Waals surface area contributed by atoms with Crippen molar-refractivity contribution in [1.29, 1.82) is 0 Å². The number of aryl methyl sites for hydroxylation is 3. The van der Waals surface area contributed by atoms with Crippen LogP contribution in [-0.2, 0) is 6.42 Å². The number of benzene rings is 1. The number of hydrogen-bond acceptors (Lipinski definition) is 4. The summed E-state index contributed by atoms with van der Waals surface area (Å²) in [5.74, 6) is 0.439. The van der Waals surface area contributed by atoms with E-state index in [0.29, 0.717) is 29.3 Å². The lowest BCUT2D eigenvalue weighted by molar-refractivity contribution is 0.0984. The molecule has 5 heteroatoms. The molecule has 4 rings (SSSR count). The molecule has 0 fully saturated rings. The Labute approximate surface area is 146 Å². The molecule has 0 atom stereocenters. The number of rotatable bonds is 2. The summed E-state index contributed by atoms with van der Waals surface area (Å²) in [5, 5.41) is 4.09. The molecule has 0 spiro atoms. The minimum Gasteiger partial charge on any atom is -0.360 e. The van der Waals surface area contributed by atoms with Gasteiger partial charge in [0.15, 0.2) is 0 Å². The van der Waals surface area contributed by atoms with Gasteiger partial charge in [-0.3, -0.25) is 9.78 Å². The first-order valence-electron chi connectivity index (χ1n) is 8.44. The average Bonchev–Trinajstić information content (AvgIpc) is 3.02. The van der Waals surface area contributed by atoms with Crippen molar-refractivity contribution in [2.24, 2.45) is 0 Å². The van der Waals surface area contributed by atoms with Gasteiger partial charge in [-0.1, -0.05) is 28.9 Å². The maximum Gasteiger partial charge on any atom is 0.264 e. The molecule has 0 aliphatic carbocycles. The summed E-state index contributed by atoms with van der Waals surface area (Å²) in [6.07, 6.45) is 3.63. The topological polar surface area (TPSA) is 59.2 Å². The van der Waals surface area contributed by atoms with Crippen molar-refractivity contribution < 1.29 is 9.32 Å².